The summed E-state index contributed by atoms with van der Waals surface area (Å²) in [6, 6.07) is 8.88. The van der Waals surface area contributed by atoms with Crippen molar-refractivity contribution in [1.82, 2.24) is 4.90 Å². The molecule has 1 heterocycles. The molecule has 0 aromatic heterocycles. The summed E-state index contributed by atoms with van der Waals surface area (Å²) in [7, 11) is 2.16. The van der Waals surface area contributed by atoms with Crippen LogP contribution in [0.5, 0.6) is 0 Å². The average Bonchev–Trinajstić information content (AvgIpc) is 2.29. The molecule has 0 radical (unpaired) electrons. The quantitative estimate of drug-likeness (QED) is 0.849. The van der Waals surface area contributed by atoms with Gasteiger partial charge in [0.25, 0.3) is 0 Å². The van der Waals surface area contributed by atoms with E-state index < -0.39 is 0 Å². The Labute approximate surface area is 105 Å². The van der Waals surface area contributed by atoms with Crippen molar-refractivity contribution in [1.29, 1.82) is 0 Å². The fourth-order valence-corrected chi connectivity index (χ4v) is 2.74. The van der Waals surface area contributed by atoms with E-state index in [1.165, 1.54) is 24.1 Å². The van der Waals surface area contributed by atoms with Crippen LogP contribution in [0.25, 0.3) is 0 Å². The second kappa shape index (κ2) is 4.79. The molecule has 0 saturated carbocycles. The normalized spacial score (nSPS) is 26.4. The number of nitrogens with zero attached hydrogens (tertiary/aromatic N) is 1. The Kier molecular flexibility index (Phi) is 3.55. The van der Waals surface area contributed by atoms with Gasteiger partial charge in [0, 0.05) is 6.54 Å². The van der Waals surface area contributed by atoms with Crippen molar-refractivity contribution in [2.45, 2.75) is 38.1 Å². The fraction of sp³-hybridized carbons (Fsp3) is 0.600. The largest absolute Gasteiger partial charge is 0.320 e. The number of rotatable bonds is 2. The van der Waals surface area contributed by atoms with Crippen LogP contribution < -0.4 is 5.73 Å². The van der Waals surface area contributed by atoms with Crippen LogP contribution >= 0.6 is 0 Å². The summed E-state index contributed by atoms with van der Waals surface area (Å²) >= 11 is 0. The molecule has 0 bridgehead atoms. The first-order chi connectivity index (χ1) is 8.01. The van der Waals surface area contributed by atoms with E-state index in [0.717, 1.165) is 13.0 Å². The van der Waals surface area contributed by atoms with E-state index in [1.54, 1.807) is 0 Å². The number of likely N-dealkylation sites (tertiary alicyclic amines) is 1. The van der Waals surface area contributed by atoms with Gasteiger partial charge in [-0.1, -0.05) is 38.1 Å². The minimum absolute atomic E-state index is 0.150. The Bertz CT molecular complexity index is 369. The molecule has 1 aliphatic heterocycles. The Balaban J connectivity index is 2.21. The lowest BCUT2D eigenvalue weighted by Crippen LogP contribution is -2.50. The Morgan fingerprint density at radius 3 is 2.41 bits per heavy atom. The summed E-state index contributed by atoms with van der Waals surface area (Å²) in [5.74, 6) is 0.590. The van der Waals surface area contributed by atoms with Crippen molar-refractivity contribution < 1.29 is 0 Å². The molecule has 2 rings (SSSR count). The van der Waals surface area contributed by atoms with Crippen LogP contribution in [0.3, 0.4) is 0 Å². The van der Waals surface area contributed by atoms with Gasteiger partial charge in [-0.3, -0.25) is 0 Å². The molecule has 2 N–H and O–H groups in total. The topological polar surface area (TPSA) is 29.3 Å². The minimum atomic E-state index is -0.150. The highest BCUT2D eigenvalue weighted by Gasteiger charge is 2.31. The first kappa shape index (κ1) is 12.6. The van der Waals surface area contributed by atoms with Crippen molar-refractivity contribution in [2.24, 2.45) is 5.73 Å². The SMILES string of the molecule is CC(C)c1ccc(C2(N)CCCN(C)C2)cc1. The molecule has 1 atom stereocenters. The average molecular weight is 232 g/mol. The van der Waals surface area contributed by atoms with Crippen LogP contribution in [-0.2, 0) is 5.54 Å². The third kappa shape index (κ3) is 2.70. The highest BCUT2D eigenvalue weighted by atomic mass is 15.1. The van der Waals surface area contributed by atoms with Gasteiger partial charge in [0.05, 0.1) is 5.54 Å². The predicted octanol–water partition coefficient (Wildman–Crippen LogP) is 2.69. The van der Waals surface area contributed by atoms with Crippen molar-refractivity contribution in [3.8, 4) is 0 Å². The second-order valence-electron chi connectivity index (χ2n) is 5.77. The van der Waals surface area contributed by atoms with E-state index in [1.807, 2.05) is 0 Å². The predicted molar refractivity (Wildman–Crippen MR) is 73.1 cm³/mol. The van der Waals surface area contributed by atoms with Gasteiger partial charge in [-0.25, -0.2) is 0 Å². The molecule has 1 aliphatic rings. The smallest absolute Gasteiger partial charge is 0.0538 e. The summed E-state index contributed by atoms with van der Waals surface area (Å²) in [6.07, 6.45) is 2.29. The van der Waals surface area contributed by atoms with Crippen LogP contribution in [0, 0.1) is 0 Å². The van der Waals surface area contributed by atoms with Crippen LogP contribution in [0.4, 0.5) is 0 Å². The van der Waals surface area contributed by atoms with E-state index in [9.17, 15) is 0 Å². The second-order valence-corrected chi connectivity index (χ2v) is 5.77. The molecule has 17 heavy (non-hydrogen) atoms. The van der Waals surface area contributed by atoms with Gasteiger partial charge < -0.3 is 10.6 Å². The van der Waals surface area contributed by atoms with Crippen LogP contribution in [0.2, 0.25) is 0 Å². The van der Waals surface area contributed by atoms with Crippen LogP contribution in [0.15, 0.2) is 24.3 Å². The van der Waals surface area contributed by atoms with Gasteiger partial charge in [-0.15, -0.1) is 0 Å². The lowest BCUT2D eigenvalue weighted by Gasteiger charge is -2.39. The number of hydrogen-bond donors (Lipinski definition) is 1. The molecule has 1 saturated heterocycles. The summed E-state index contributed by atoms with van der Waals surface area (Å²) < 4.78 is 0. The van der Waals surface area contributed by atoms with Crippen LogP contribution in [0.1, 0.15) is 43.7 Å². The summed E-state index contributed by atoms with van der Waals surface area (Å²) in [4.78, 5) is 2.33. The van der Waals surface area contributed by atoms with Gasteiger partial charge in [0.15, 0.2) is 0 Å². The van der Waals surface area contributed by atoms with Gasteiger partial charge in [0.1, 0.15) is 0 Å². The zero-order chi connectivity index (χ0) is 12.5. The van der Waals surface area contributed by atoms with Crippen molar-refractivity contribution in [2.75, 3.05) is 20.1 Å². The zero-order valence-corrected chi connectivity index (χ0v) is 11.2. The molecule has 1 aromatic rings. The maximum Gasteiger partial charge on any atom is 0.0538 e. The van der Waals surface area contributed by atoms with Crippen molar-refractivity contribution in [3.63, 3.8) is 0 Å². The number of hydrogen-bond acceptors (Lipinski definition) is 2. The monoisotopic (exact) mass is 232 g/mol. The first-order valence-corrected chi connectivity index (χ1v) is 6.59. The molecular weight excluding hydrogens is 208 g/mol. The maximum atomic E-state index is 6.56. The van der Waals surface area contributed by atoms with Gasteiger partial charge in [-0.05, 0) is 43.5 Å². The van der Waals surface area contributed by atoms with E-state index >= 15 is 0 Å². The standard InChI is InChI=1S/C15H24N2/c1-12(2)13-5-7-14(8-6-13)15(16)9-4-10-17(3)11-15/h5-8,12H,4,9-11,16H2,1-3H3. The number of nitrogens with two attached hydrogens (primary N) is 1. The Hall–Kier alpha value is -0.860. The first-order valence-electron chi connectivity index (χ1n) is 6.59. The third-order valence-corrected chi connectivity index (χ3v) is 3.87. The molecular formula is C15H24N2. The molecule has 1 unspecified atom stereocenters. The van der Waals surface area contributed by atoms with Gasteiger partial charge in [-0.2, -0.15) is 0 Å². The molecule has 1 fully saturated rings. The highest BCUT2D eigenvalue weighted by molar-refractivity contribution is 5.30. The van der Waals surface area contributed by atoms with E-state index in [4.69, 9.17) is 5.73 Å². The lowest BCUT2D eigenvalue weighted by molar-refractivity contribution is 0.179. The third-order valence-electron chi connectivity index (χ3n) is 3.87. The molecule has 2 heteroatoms. The Morgan fingerprint density at radius 2 is 1.88 bits per heavy atom. The van der Waals surface area contributed by atoms with Crippen molar-refractivity contribution >= 4 is 0 Å². The highest BCUT2D eigenvalue weighted by Crippen LogP contribution is 2.29. The van der Waals surface area contributed by atoms with Crippen LogP contribution in [-0.4, -0.2) is 25.0 Å². The molecule has 2 nitrogen and oxygen atoms in total. The van der Waals surface area contributed by atoms with E-state index in [2.05, 4.69) is 50.1 Å². The molecule has 0 aliphatic carbocycles. The molecule has 0 spiro atoms. The summed E-state index contributed by atoms with van der Waals surface area (Å²) in [6.45, 7) is 6.58. The maximum absolute atomic E-state index is 6.56. The van der Waals surface area contributed by atoms with E-state index in [0.29, 0.717) is 5.92 Å². The molecule has 0 amide bonds. The number of benzene rings is 1. The summed E-state index contributed by atoms with van der Waals surface area (Å²) in [5, 5.41) is 0. The lowest BCUT2D eigenvalue weighted by atomic mass is 9.82. The summed E-state index contributed by atoms with van der Waals surface area (Å²) in [5.41, 5.74) is 9.08. The number of likely N-dealkylation sites (N-methyl/N-ethyl adjacent to an activating group) is 1. The Morgan fingerprint density at radius 1 is 1.24 bits per heavy atom. The molecule has 94 valence electrons. The minimum Gasteiger partial charge on any atom is -0.320 e. The number of piperidine rings is 1. The zero-order valence-electron chi connectivity index (χ0n) is 11.2. The molecule has 1 aromatic carbocycles. The van der Waals surface area contributed by atoms with Gasteiger partial charge in [0.2, 0.25) is 0 Å². The van der Waals surface area contributed by atoms with E-state index in [-0.39, 0.29) is 5.54 Å². The fourth-order valence-electron chi connectivity index (χ4n) is 2.74. The van der Waals surface area contributed by atoms with Crippen molar-refractivity contribution in [3.05, 3.63) is 35.4 Å². The van der Waals surface area contributed by atoms with Gasteiger partial charge >= 0.3 is 0 Å².